The molecule has 0 saturated carbocycles. The number of nitrogens with one attached hydrogen (secondary N) is 1. The van der Waals surface area contributed by atoms with Gasteiger partial charge in [0.05, 0.1) is 0 Å². The number of nitrogens with zero attached hydrogens (tertiary/aromatic N) is 2. The van der Waals surface area contributed by atoms with Crippen LogP contribution in [0.15, 0.2) is 4.52 Å². The molecule has 5 heteroatoms. The minimum Gasteiger partial charge on any atom is -0.370 e. The van der Waals surface area contributed by atoms with Crippen molar-refractivity contribution in [1.29, 1.82) is 0 Å². The van der Waals surface area contributed by atoms with Gasteiger partial charge in [-0.2, -0.15) is 4.98 Å². The zero-order valence-corrected chi connectivity index (χ0v) is 9.41. The molecule has 2 rings (SSSR count). The summed E-state index contributed by atoms with van der Waals surface area (Å²) in [5.41, 5.74) is -0.0691. The maximum Gasteiger partial charge on any atom is 0.321 e. The summed E-state index contributed by atoms with van der Waals surface area (Å²) in [5, 5.41) is 7.04. The van der Waals surface area contributed by atoms with E-state index in [2.05, 4.69) is 15.5 Å². The summed E-state index contributed by atoms with van der Waals surface area (Å²) in [7, 11) is 0. The molecule has 0 spiro atoms. The maximum atomic E-state index is 5.47. The minimum absolute atomic E-state index is 0.0178. The first-order chi connectivity index (χ1) is 7.04. The van der Waals surface area contributed by atoms with Crippen LogP contribution in [0.25, 0.3) is 0 Å². The molecule has 1 fully saturated rings. The predicted molar refractivity (Wildman–Crippen MR) is 55.6 cm³/mol. The Balaban J connectivity index is 2.03. The average molecular weight is 211 g/mol. The van der Waals surface area contributed by atoms with E-state index in [4.69, 9.17) is 9.26 Å². The molecule has 1 N–H and O–H groups in total. The zero-order valence-electron chi connectivity index (χ0n) is 9.41. The van der Waals surface area contributed by atoms with Gasteiger partial charge in [0.2, 0.25) is 5.82 Å². The van der Waals surface area contributed by atoms with Crippen molar-refractivity contribution in [2.45, 2.75) is 45.3 Å². The number of ether oxygens (including phenoxy) is 1. The van der Waals surface area contributed by atoms with Gasteiger partial charge in [0.25, 0.3) is 0 Å². The molecule has 5 nitrogen and oxygen atoms in total. The fourth-order valence-corrected chi connectivity index (χ4v) is 1.52. The van der Waals surface area contributed by atoms with Crippen LogP contribution in [0, 0.1) is 0 Å². The number of hydrogen-bond donors (Lipinski definition) is 1. The van der Waals surface area contributed by atoms with Crippen molar-refractivity contribution in [1.82, 2.24) is 10.1 Å². The number of rotatable bonds is 2. The van der Waals surface area contributed by atoms with E-state index in [0.717, 1.165) is 19.4 Å². The van der Waals surface area contributed by atoms with Gasteiger partial charge in [-0.15, -0.1) is 0 Å². The Morgan fingerprint density at radius 3 is 2.80 bits per heavy atom. The molecule has 0 radical (unpaired) electrons. The van der Waals surface area contributed by atoms with Crippen molar-refractivity contribution in [2.75, 3.05) is 11.9 Å². The SMILES string of the molecule is CC(C)(C)Nc1nc(C2CCCO2)no1. The first-order valence-electron chi connectivity index (χ1n) is 5.28. The second kappa shape index (κ2) is 3.81. The lowest BCUT2D eigenvalue weighted by Crippen LogP contribution is -2.26. The lowest BCUT2D eigenvalue weighted by molar-refractivity contribution is 0.103. The summed E-state index contributed by atoms with van der Waals surface area (Å²) in [6.07, 6.45) is 2.07. The highest BCUT2D eigenvalue weighted by Gasteiger charge is 2.24. The molecule has 15 heavy (non-hydrogen) atoms. The highest BCUT2D eigenvalue weighted by molar-refractivity contribution is 5.23. The van der Waals surface area contributed by atoms with E-state index in [0.29, 0.717) is 11.8 Å². The summed E-state index contributed by atoms with van der Waals surface area (Å²) in [6.45, 7) is 6.93. The van der Waals surface area contributed by atoms with Gasteiger partial charge in [0, 0.05) is 12.1 Å². The van der Waals surface area contributed by atoms with E-state index in [9.17, 15) is 0 Å². The van der Waals surface area contributed by atoms with E-state index in [1.54, 1.807) is 0 Å². The predicted octanol–water partition coefficient (Wildman–Crippen LogP) is 2.13. The molecule has 0 aromatic carbocycles. The van der Waals surface area contributed by atoms with E-state index in [1.165, 1.54) is 0 Å². The number of anilines is 1. The van der Waals surface area contributed by atoms with Crippen molar-refractivity contribution in [2.24, 2.45) is 0 Å². The van der Waals surface area contributed by atoms with Crippen LogP contribution in [-0.2, 0) is 4.74 Å². The summed E-state index contributed by atoms with van der Waals surface area (Å²) in [4.78, 5) is 4.26. The van der Waals surface area contributed by atoms with Gasteiger partial charge in [-0.05, 0) is 33.6 Å². The molecule has 84 valence electrons. The summed E-state index contributed by atoms with van der Waals surface area (Å²) >= 11 is 0. The first kappa shape index (κ1) is 10.4. The highest BCUT2D eigenvalue weighted by atomic mass is 16.5. The highest BCUT2D eigenvalue weighted by Crippen LogP contribution is 2.27. The van der Waals surface area contributed by atoms with E-state index < -0.39 is 0 Å². The fourth-order valence-electron chi connectivity index (χ4n) is 1.52. The number of hydrogen-bond acceptors (Lipinski definition) is 5. The van der Waals surface area contributed by atoms with Crippen LogP contribution in [0.2, 0.25) is 0 Å². The normalized spacial score (nSPS) is 21.9. The molecule has 1 aromatic heterocycles. The Kier molecular flexibility index (Phi) is 2.65. The molecule has 1 unspecified atom stereocenters. The average Bonchev–Trinajstić information content (AvgIpc) is 2.68. The van der Waals surface area contributed by atoms with Gasteiger partial charge in [-0.25, -0.2) is 0 Å². The van der Waals surface area contributed by atoms with Crippen LogP contribution >= 0.6 is 0 Å². The molecule has 1 aromatic rings. The topological polar surface area (TPSA) is 60.2 Å². The Morgan fingerprint density at radius 1 is 1.40 bits per heavy atom. The second-order valence-electron chi connectivity index (χ2n) is 4.83. The van der Waals surface area contributed by atoms with Gasteiger partial charge in [-0.3, -0.25) is 0 Å². The lowest BCUT2D eigenvalue weighted by atomic mass is 10.1. The molecule has 1 aliphatic rings. The quantitative estimate of drug-likeness (QED) is 0.812. The fraction of sp³-hybridized carbons (Fsp3) is 0.800. The van der Waals surface area contributed by atoms with E-state index >= 15 is 0 Å². The Bertz CT molecular complexity index is 324. The molecular weight excluding hydrogens is 194 g/mol. The summed E-state index contributed by atoms with van der Waals surface area (Å²) in [6, 6.07) is 0.466. The molecule has 2 heterocycles. The third-order valence-electron chi connectivity index (χ3n) is 2.14. The standard InChI is InChI=1S/C10H17N3O2/c1-10(2,3)12-9-11-8(13-15-9)7-5-4-6-14-7/h7H,4-6H2,1-3H3,(H,11,12,13). The Labute approximate surface area is 89.2 Å². The van der Waals surface area contributed by atoms with Gasteiger partial charge in [0.15, 0.2) is 0 Å². The Morgan fingerprint density at radius 2 is 2.20 bits per heavy atom. The zero-order chi connectivity index (χ0) is 10.9. The third kappa shape index (κ3) is 2.68. The van der Waals surface area contributed by atoms with Crippen LogP contribution in [-0.4, -0.2) is 22.3 Å². The summed E-state index contributed by atoms with van der Waals surface area (Å²) in [5.74, 6) is 0.652. The van der Waals surface area contributed by atoms with Crippen LogP contribution in [0.5, 0.6) is 0 Å². The van der Waals surface area contributed by atoms with Crippen molar-refractivity contribution in [3.05, 3.63) is 5.82 Å². The number of aromatic nitrogens is 2. The van der Waals surface area contributed by atoms with Crippen LogP contribution in [0.4, 0.5) is 6.01 Å². The monoisotopic (exact) mass is 211 g/mol. The van der Waals surface area contributed by atoms with Crippen LogP contribution in [0.3, 0.4) is 0 Å². The molecule has 0 bridgehead atoms. The van der Waals surface area contributed by atoms with Crippen molar-refractivity contribution in [3.8, 4) is 0 Å². The van der Waals surface area contributed by atoms with Crippen molar-refractivity contribution < 1.29 is 9.26 Å². The van der Waals surface area contributed by atoms with Gasteiger partial charge < -0.3 is 14.6 Å². The first-order valence-corrected chi connectivity index (χ1v) is 5.28. The van der Waals surface area contributed by atoms with Gasteiger partial charge in [0.1, 0.15) is 6.10 Å². The lowest BCUT2D eigenvalue weighted by Gasteiger charge is -2.17. The molecule has 0 aliphatic carbocycles. The van der Waals surface area contributed by atoms with Crippen LogP contribution < -0.4 is 5.32 Å². The van der Waals surface area contributed by atoms with E-state index in [-0.39, 0.29) is 11.6 Å². The second-order valence-corrected chi connectivity index (χ2v) is 4.83. The van der Waals surface area contributed by atoms with Gasteiger partial charge >= 0.3 is 6.01 Å². The van der Waals surface area contributed by atoms with Crippen LogP contribution in [0.1, 0.15) is 45.5 Å². The largest absolute Gasteiger partial charge is 0.370 e. The third-order valence-corrected chi connectivity index (χ3v) is 2.14. The molecule has 1 saturated heterocycles. The Hall–Kier alpha value is -1.10. The molecule has 0 amide bonds. The minimum atomic E-state index is -0.0691. The molecule has 1 aliphatic heterocycles. The maximum absolute atomic E-state index is 5.47. The smallest absolute Gasteiger partial charge is 0.321 e. The molecule has 1 atom stereocenters. The molecular formula is C10H17N3O2. The van der Waals surface area contributed by atoms with Gasteiger partial charge in [-0.1, -0.05) is 5.16 Å². The summed E-state index contributed by atoms with van der Waals surface area (Å²) < 4.78 is 10.6. The van der Waals surface area contributed by atoms with E-state index in [1.807, 2.05) is 20.8 Å². The van der Waals surface area contributed by atoms with Crippen molar-refractivity contribution >= 4 is 6.01 Å². The van der Waals surface area contributed by atoms with Crippen molar-refractivity contribution in [3.63, 3.8) is 0 Å².